The summed E-state index contributed by atoms with van der Waals surface area (Å²) in [4.78, 5) is 14.6. The van der Waals surface area contributed by atoms with Gasteiger partial charge in [-0.05, 0) is 38.7 Å². The number of benzene rings is 1. The predicted molar refractivity (Wildman–Crippen MR) is 107 cm³/mol. The van der Waals surface area contributed by atoms with Crippen molar-refractivity contribution >= 4 is 5.91 Å². The zero-order valence-electron chi connectivity index (χ0n) is 16.4. The second-order valence-electron chi connectivity index (χ2n) is 7.47. The number of rotatable bonds is 5. The number of H-pyrrole nitrogens is 1. The van der Waals surface area contributed by atoms with Gasteiger partial charge in [0.15, 0.2) is 0 Å². The van der Waals surface area contributed by atoms with Gasteiger partial charge in [0.05, 0.1) is 17.9 Å². The molecule has 1 saturated heterocycles. The van der Waals surface area contributed by atoms with Gasteiger partial charge in [0.2, 0.25) is 5.91 Å². The zero-order valence-corrected chi connectivity index (χ0v) is 16.4. The van der Waals surface area contributed by atoms with Crippen LogP contribution in [0.25, 0.3) is 11.3 Å². The smallest absolute Gasteiger partial charge is 0.222 e. The molecule has 0 bridgehead atoms. The first kappa shape index (κ1) is 18.4. The van der Waals surface area contributed by atoms with E-state index in [0.717, 1.165) is 55.0 Å². The van der Waals surface area contributed by atoms with Gasteiger partial charge in [-0.15, -0.1) is 5.10 Å². The first-order valence-corrected chi connectivity index (χ1v) is 9.87. The molecule has 1 N–H and O–H groups in total. The summed E-state index contributed by atoms with van der Waals surface area (Å²) in [6, 6.07) is 10.4. The second-order valence-corrected chi connectivity index (χ2v) is 7.47. The van der Waals surface area contributed by atoms with Crippen molar-refractivity contribution in [3.63, 3.8) is 0 Å². The monoisotopic (exact) mass is 378 g/mol. The van der Waals surface area contributed by atoms with Crippen molar-refractivity contribution in [2.45, 2.75) is 45.6 Å². The van der Waals surface area contributed by atoms with Crippen LogP contribution in [0.3, 0.4) is 0 Å². The van der Waals surface area contributed by atoms with Gasteiger partial charge < -0.3 is 4.90 Å². The number of aromatic amines is 1. The molecule has 3 aromatic rings. The molecule has 1 aliphatic rings. The minimum Gasteiger partial charge on any atom is -0.343 e. The van der Waals surface area contributed by atoms with Crippen LogP contribution < -0.4 is 0 Å². The average molecular weight is 378 g/mol. The molecule has 0 spiro atoms. The molecule has 0 saturated carbocycles. The summed E-state index contributed by atoms with van der Waals surface area (Å²) >= 11 is 0. The molecule has 4 rings (SSSR count). The third-order valence-electron chi connectivity index (χ3n) is 5.64. The highest BCUT2D eigenvalue weighted by Crippen LogP contribution is 2.25. The Morgan fingerprint density at radius 1 is 1.18 bits per heavy atom. The quantitative estimate of drug-likeness (QED) is 0.740. The van der Waals surface area contributed by atoms with Crippen molar-refractivity contribution < 1.29 is 4.79 Å². The maximum Gasteiger partial charge on any atom is 0.222 e. The summed E-state index contributed by atoms with van der Waals surface area (Å²) in [5.74, 6) is 0.224. The summed E-state index contributed by atoms with van der Waals surface area (Å²) in [6.07, 6.45) is 5.12. The summed E-state index contributed by atoms with van der Waals surface area (Å²) in [6.45, 7) is 5.53. The number of nitrogens with one attached hydrogen (secondary N) is 1. The molecule has 146 valence electrons. The maximum absolute atomic E-state index is 12.6. The number of hydrogen-bond acceptors (Lipinski definition) is 4. The van der Waals surface area contributed by atoms with E-state index in [1.165, 1.54) is 5.56 Å². The van der Waals surface area contributed by atoms with E-state index in [4.69, 9.17) is 0 Å². The van der Waals surface area contributed by atoms with Gasteiger partial charge in [-0.1, -0.05) is 35.5 Å². The second kappa shape index (κ2) is 7.96. The van der Waals surface area contributed by atoms with E-state index in [1.54, 1.807) is 0 Å². The number of nitrogens with zero attached hydrogens (tertiary/aromatic N) is 5. The molecule has 7 heteroatoms. The topological polar surface area (TPSA) is 79.7 Å². The minimum absolute atomic E-state index is 0.224. The Hall–Kier alpha value is -2.96. The number of carbonyl (C=O) groups excluding carboxylic acids is 1. The van der Waals surface area contributed by atoms with Crippen LogP contribution in [-0.4, -0.2) is 49.1 Å². The van der Waals surface area contributed by atoms with Crippen molar-refractivity contribution in [1.82, 2.24) is 30.1 Å². The molecule has 7 nitrogen and oxygen atoms in total. The zero-order chi connectivity index (χ0) is 19.5. The summed E-state index contributed by atoms with van der Waals surface area (Å²) in [5.41, 5.74) is 5.18. The van der Waals surface area contributed by atoms with Crippen LogP contribution in [0, 0.1) is 13.8 Å². The summed E-state index contributed by atoms with van der Waals surface area (Å²) in [5, 5.41) is 15.8. The third kappa shape index (κ3) is 3.83. The van der Waals surface area contributed by atoms with Gasteiger partial charge >= 0.3 is 0 Å². The molecular weight excluding hydrogens is 352 g/mol. The van der Waals surface area contributed by atoms with Gasteiger partial charge in [-0.25, -0.2) is 4.68 Å². The average Bonchev–Trinajstić information content (AvgIpc) is 3.34. The fourth-order valence-electron chi connectivity index (χ4n) is 3.91. The van der Waals surface area contributed by atoms with E-state index < -0.39 is 0 Å². The highest BCUT2D eigenvalue weighted by atomic mass is 16.2. The molecule has 0 atom stereocenters. The highest BCUT2D eigenvalue weighted by Gasteiger charge is 2.25. The lowest BCUT2D eigenvalue weighted by atomic mass is 10.0. The largest absolute Gasteiger partial charge is 0.343 e. The van der Waals surface area contributed by atoms with Crippen LogP contribution >= 0.6 is 0 Å². The van der Waals surface area contributed by atoms with Gasteiger partial charge in [0, 0.05) is 30.8 Å². The van der Waals surface area contributed by atoms with Crippen molar-refractivity contribution in [2.24, 2.45) is 0 Å². The van der Waals surface area contributed by atoms with Gasteiger partial charge in [-0.3, -0.25) is 9.89 Å². The van der Waals surface area contributed by atoms with Crippen molar-refractivity contribution in [1.29, 1.82) is 0 Å². The van der Waals surface area contributed by atoms with Gasteiger partial charge in [0.1, 0.15) is 5.69 Å². The van der Waals surface area contributed by atoms with Crippen LogP contribution in [0.15, 0.2) is 36.5 Å². The van der Waals surface area contributed by atoms with Crippen LogP contribution in [0.4, 0.5) is 0 Å². The minimum atomic E-state index is 0.224. The Bertz CT molecular complexity index is 917. The molecule has 1 aliphatic heterocycles. The van der Waals surface area contributed by atoms with Crippen molar-refractivity contribution in [3.05, 3.63) is 53.5 Å². The SMILES string of the molecule is Cc1n[nH]c(C)c1CCC(=O)N1CCC(n2cc(-c3ccccc3)nn2)CC1. The fraction of sp³-hybridized carbons (Fsp3) is 0.429. The molecule has 28 heavy (non-hydrogen) atoms. The van der Waals surface area contributed by atoms with Gasteiger partial charge in [-0.2, -0.15) is 5.10 Å². The van der Waals surface area contributed by atoms with E-state index in [9.17, 15) is 4.79 Å². The first-order valence-electron chi connectivity index (χ1n) is 9.87. The van der Waals surface area contributed by atoms with Crippen LogP contribution in [-0.2, 0) is 11.2 Å². The van der Waals surface area contributed by atoms with E-state index in [0.29, 0.717) is 12.5 Å². The van der Waals surface area contributed by atoms with Crippen LogP contribution in [0.5, 0.6) is 0 Å². The number of carbonyl (C=O) groups is 1. The van der Waals surface area contributed by atoms with E-state index in [1.807, 2.05) is 60.0 Å². The van der Waals surface area contributed by atoms with E-state index in [-0.39, 0.29) is 5.91 Å². The molecule has 0 radical (unpaired) electrons. The number of aromatic nitrogens is 5. The number of likely N-dealkylation sites (tertiary alicyclic amines) is 1. The number of amides is 1. The molecule has 1 amide bonds. The normalized spacial score (nSPS) is 15.1. The Labute approximate surface area is 164 Å². The molecule has 0 unspecified atom stereocenters. The first-order chi connectivity index (χ1) is 13.6. The lowest BCUT2D eigenvalue weighted by Gasteiger charge is -2.32. The highest BCUT2D eigenvalue weighted by molar-refractivity contribution is 5.76. The van der Waals surface area contributed by atoms with Gasteiger partial charge in [0.25, 0.3) is 0 Å². The molecule has 1 aromatic carbocycles. The predicted octanol–water partition coefficient (Wildman–Crippen LogP) is 3.08. The summed E-state index contributed by atoms with van der Waals surface area (Å²) in [7, 11) is 0. The lowest BCUT2D eigenvalue weighted by molar-refractivity contribution is -0.132. The number of aryl methyl sites for hydroxylation is 2. The fourth-order valence-corrected chi connectivity index (χ4v) is 3.91. The van der Waals surface area contributed by atoms with E-state index in [2.05, 4.69) is 20.5 Å². The Balaban J connectivity index is 1.31. The Morgan fingerprint density at radius 2 is 1.93 bits per heavy atom. The Morgan fingerprint density at radius 3 is 2.61 bits per heavy atom. The number of hydrogen-bond donors (Lipinski definition) is 1. The van der Waals surface area contributed by atoms with Crippen molar-refractivity contribution in [3.8, 4) is 11.3 Å². The van der Waals surface area contributed by atoms with Crippen LogP contribution in [0.2, 0.25) is 0 Å². The molecule has 0 aliphatic carbocycles. The number of piperidine rings is 1. The lowest BCUT2D eigenvalue weighted by Crippen LogP contribution is -2.39. The van der Waals surface area contributed by atoms with E-state index >= 15 is 0 Å². The molecule has 3 heterocycles. The van der Waals surface area contributed by atoms with Crippen LogP contribution in [0.1, 0.15) is 42.3 Å². The van der Waals surface area contributed by atoms with Crippen molar-refractivity contribution in [2.75, 3.05) is 13.1 Å². The standard InChI is InChI=1S/C21H26N6O/c1-15-19(16(2)23-22-15)8-9-21(28)26-12-10-18(11-13-26)27-14-20(24-25-27)17-6-4-3-5-7-17/h3-7,14,18H,8-13H2,1-2H3,(H,22,23). The summed E-state index contributed by atoms with van der Waals surface area (Å²) < 4.78 is 1.96. The third-order valence-corrected chi connectivity index (χ3v) is 5.64. The molecule has 2 aromatic heterocycles. The molecular formula is C21H26N6O. The maximum atomic E-state index is 12.6. The molecule has 1 fully saturated rings. The Kier molecular flexibility index (Phi) is 5.23.